The van der Waals surface area contributed by atoms with Crippen LogP contribution >= 0.6 is 0 Å². The highest BCUT2D eigenvalue weighted by atomic mass is 16.3. The average molecular weight is 202 g/mol. The van der Waals surface area contributed by atoms with E-state index in [0.717, 1.165) is 6.42 Å². The van der Waals surface area contributed by atoms with Gasteiger partial charge in [0, 0.05) is 6.04 Å². The second-order valence-corrected chi connectivity index (χ2v) is 4.04. The first-order chi connectivity index (χ1) is 6.51. The molecule has 0 radical (unpaired) electrons. The number of hydrogen-bond donors (Lipinski definition) is 3. The van der Waals surface area contributed by atoms with Gasteiger partial charge in [-0.25, -0.2) is 0 Å². The molecule has 84 valence electrons. The van der Waals surface area contributed by atoms with Crippen LogP contribution in [-0.4, -0.2) is 29.7 Å². The lowest BCUT2D eigenvalue weighted by atomic mass is 10.0. The zero-order valence-corrected chi connectivity index (χ0v) is 9.29. The summed E-state index contributed by atoms with van der Waals surface area (Å²) in [6.07, 6.45) is 1.50. The molecule has 2 unspecified atom stereocenters. The molecule has 0 fully saturated rings. The third kappa shape index (κ3) is 5.19. The van der Waals surface area contributed by atoms with E-state index in [1.54, 1.807) is 0 Å². The van der Waals surface area contributed by atoms with Crippen LogP contribution < -0.4 is 11.1 Å². The fourth-order valence-electron chi connectivity index (χ4n) is 1.45. The number of aliphatic hydroxyl groups is 1. The predicted molar refractivity (Wildman–Crippen MR) is 56.7 cm³/mol. The third-order valence-electron chi connectivity index (χ3n) is 2.16. The van der Waals surface area contributed by atoms with Crippen LogP contribution in [-0.2, 0) is 4.79 Å². The highest BCUT2D eigenvalue weighted by Gasteiger charge is 2.18. The van der Waals surface area contributed by atoms with Crippen LogP contribution in [0.3, 0.4) is 0 Å². The van der Waals surface area contributed by atoms with E-state index in [-0.39, 0.29) is 24.6 Å². The van der Waals surface area contributed by atoms with Crippen LogP contribution in [0.25, 0.3) is 0 Å². The largest absolute Gasteiger partial charge is 0.395 e. The molecule has 14 heavy (non-hydrogen) atoms. The Morgan fingerprint density at radius 3 is 2.36 bits per heavy atom. The van der Waals surface area contributed by atoms with Gasteiger partial charge >= 0.3 is 0 Å². The lowest BCUT2D eigenvalue weighted by Crippen LogP contribution is -2.47. The number of rotatable bonds is 7. The van der Waals surface area contributed by atoms with Gasteiger partial charge in [-0.05, 0) is 18.8 Å². The van der Waals surface area contributed by atoms with Gasteiger partial charge in [0.2, 0.25) is 5.91 Å². The number of carbonyl (C=O) groups excluding carboxylic acids is 1. The number of aliphatic hydroxyl groups excluding tert-OH is 1. The normalized spacial score (nSPS) is 15.5. The molecule has 0 aliphatic carbocycles. The summed E-state index contributed by atoms with van der Waals surface area (Å²) in [7, 11) is 0. The predicted octanol–water partition coefficient (Wildman–Crippen LogP) is 0.247. The molecule has 0 rings (SSSR count). The minimum absolute atomic E-state index is 0.0348. The molecule has 0 aromatic heterocycles. The van der Waals surface area contributed by atoms with Crippen LogP contribution in [0.5, 0.6) is 0 Å². The number of carbonyl (C=O) groups is 1. The molecular formula is C10H22N2O2. The van der Waals surface area contributed by atoms with E-state index in [1.165, 1.54) is 0 Å². The fraction of sp³-hybridized carbons (Fsp3) is 0.900. The third-order valence-corrected chi connectivity index (χ3v) is 2.16. The Balaban J connectivity index is 4.07. The molecule has 0 saturated heterocycles. The van der Waals surface area contributed by atoms with Gasteiger partial charge in [0.1, 0.15) is 0 Å². The first kappa shape index (κ1) is 13.4. The molecule has 2 atom stereocenters. The van der Waals surface area contributed by atoms with E-state index in [1.807, 2.05) is 6.92 Å². The summed E-state index contributed by atoms with van der Waals surface area (Å²) in [6.45, 7) is 6.10. The van der Waals surface area contributed by atoms with E-state index in [4.69, 9.17) is 10.8 Å². The fourth-order valence-corrected chi connectivity index (χ4v) is 1.45. The highest BCUT2D eigenvalue weighted by molar-refractivity contribution is 5.79. The molecule has 0 aromatic rings. The van der Waals surface area contributed by atoms with Crippen molar-refractivity contribution < 1.29 is 9.90 Å². The zero-order chi connectivity index (χ0) is 11.1. The molecule has 0 aromatic carbocycles. The second-order valence-electron chi connectivity index (χ2n) is 4.04. The first-order valence-electron chi connectivity index (χ1n) is 5.17. The lowest BCUT2D eigenvalue weighted by molar-refractivity contribution is -0.120. The van der Waals surface area contributed by atoms with Gasteiger partial charge < -0.3 is 16.2 Å². The Labute approximate surface area is 85.9 Å². The van der Waals surface area contributed by atoms with Crippen LogP contribution in [0, 0.1) is 5.92 Å². The Morgan fingerprint density at radius 1 is 1.50 bits per heavy atom. The number of nitrogens with one attached hydrogen (secondary N) is 1. The van der Waals surface area contributed by atoms with Gasteiger partial charge in [-0.3, -0.25) is 4.79 Å². The Kier molecular flexibility index (Phi) is 6.49. The van der Waals surface area contributed by atoms with Crippen molar-refractivity contribution in [3.63, 3.8) is 0 Å². The summed E-state index contributed by atoms with van der Waals surface area (Å²) < 4.78 is 0. The van der Waals surface area contributed by atoms with Gasteiger partial charge in [0.15, 0.2) is 0 Å². The molecule has 0 saturated carbocycles. The topological polar surface area (TPSA) is 75.3 Å². The number of hydrogen-bond acceptors (Lipinski definition) is 3. The van der Waals surface area contributed by atoms with Crippen molar-refractivity contribution in [3.8, 4) is 0 Å². The maximum atomic E-state index is 10.9. The smallest absolute Gasteiger partial charge is 0.234 e. The number of primary amides is 1. The minimum atomic E-state index is -0.352. The summed E-state index contributed by atoms with van der Waals surface area (Å²) in [6, 6.07) is -0.363. The van der Waals surface area contributed by atoms with Gasteiger partial charge in [0.25, 0.3) is 0 Å². The molecule has 4 heteroatoms. The summed E-state index contributed by atoms with van der Waals surface area (Å²) >= 11 is 0. The van der Waals surface area contributed by atoms with Crippen LogP contribution in [0.1, 0.15) is 33.6 Å². The Bertz CT molecular complexity index is 172. The molecule has 4 nitrogen and oxygen atoms in total. The van der Waals surface area contributed by atoms with E-state index >= 15 is 0 Å². The molecule has 0 bridgehead atoms. The monoisotopic (exact) mass is 202 g/mol. The van der Waals surface area contributed by atoms with Gasteiger partial charge in [0.05, 0.1) is 12.6 Å². The van der Waals surface area contributed by atoms with Gasteiger partial charge in [-0.2, -0.15) is 0 Å². The highest BCUT2D eigenvalue weighted by Crippen LogP contribution is 2.05. The van der Waals surface area contributed by atoms with E-state index in [0.29, 0.717) is 12.3 Å². The van der Waals surface area contributed by atoms with Gasteiger partial charge in [-0.15, -0.1) is 0 Å². The van der Waals surface area contributed by atoms with Crippen LogP contribution in [0.2, 0.25) is 0 Å². The summed E-state index contributed by atoms with van der Waals surface area (Å²) in [5.74, 6) is 0.139. The van der Waals surface area contributed by atoms with Crippen molar-refractivity contribution in [1.82, 2.24) is 5.32 Å². The minimum Gasteiger partial charge on any atom is -0.395 e. The SMILES string of the molecule is CCC(NC(CO)CC(C)C)C(N)=O. The molecule has 0 aliphatic heterocycles. The standard InChI is InChI=1S/C10H22N2O2/c1-4-9(10(11)14)12-8(6-13)5-7(2)3/h7-9,12-13H,4-6H2,1-3H3,(H2,11,14). The maximum Gasteiger partial charge on any atom is 0.234 e. The van der Waals surface area contributed by atoms with Crippen molar-refractivity contribution in [1.29, 1.82) is 0 Å². The first-order valence-corrected chi connectivity index (χ1v) is 5.17. The molecule has 0 aliphatic rings. The maximum absolute atomic E-state index is 10.9. The van der Waals surface area contributed by atoms with E-state index in [9.17, 15) is 4.79 Å². The molecule has 0 heterocycles. The zero-order valence-electron chi connectivity index (χ0n) is 9.29. The van der Waals surface area contributed by atoms with Crippen LogP contribution in [0.4, 0.5) is 0 Å². The van der Waals surface area contributed by atoms with Crippen molar-refractivity contribution in [2.75, 3.05) is 6.61 Å². The Hall–Kier alpha value is -0.610. The number of nitrogens with two attached hydrogens (primary N) is 1. The lowest BCUT2D eigenvalue weighted by Gasteiger charge is -2.22. The van der Waals surface area contributed by atoms with Crippen molar-refractivity contribution in [2.24, 2.45) is 11.7 Å². The van der Waals surface area contributed by atoms with Crippen molar-refractivity contribution in [2.45, 2.75) is 45.7 Å². The molecule has 4 N–H and O–H groups in total. The average Bonchev–Trinajstić information content (AvgIpc) is 2.10. The molecular weight excluding hydrogens is 180 g/mol. The van der Waals surface area contributed by atoms with E-state index in [2.05, 4.69) is 19.2 Å². The van der Waals surface area contributed by atoms with Crippen molar-refractivity contribution >= 4 is 5.91 Å². The number of amides is 1. The van der Waals surface area contributed by atoms with E-state index < -0.39 is 0 Å². The van der Waals surface area contributed by atoms with Crippen molar-refractivity contribution in [3.05, 3.63) is 0 Å². The quantitative estimate of drug-likeness (QED) is 0.554. The summed E-state index contributed by atoms with van der Waals surface area (Å²) in [5.41, 5.74) is 5.20. The molecule has 1 amide bonds. The summed E-state index contributed by atoms with van der Waals surface area (Å²) in [4.78, 5) is 10.9. The summed E-state index contributed by atoms with van der Waals surface area (Å²) in [5, 5.41) is 12.1. The Morgan fingerprint density at radius 2 is 2.07 bits per heavy atom. The molecule has 0 spiro atoms. The second kappa shape index (κ2) is 6.79. The van der Waals surface area contributed by atoms with Gasteiger partial charge in [-0.1, -0.05) is 20.8 Å². The van der Waals surface area contributed by atoms with Crippen LogP contribution in [0.15, 0.2) is 0 Å².